The minimum Gasteiger partial charge on any atom is -0.345 e. The van der Waals surface area contributed by atoms with Crippen LogP contribution in [0, 0.1) is 11.3 Å². The van der Waals surface area contributed by atoms with Crippen molar-refractivity contribution in [2.45, 2.75) is 25.8 Å². The Morgan fingerprint density at radius 1 is 1.43 bits per heavy atom. The van der Waals surface area contributed by atoms with Crippen molar-refractivity contribution >= 4 is 12.0 Å². The monoisotopic (exact) mass is 308 g/mol. The van der Waals surface area contributed by atoms with Gasteiger partial charge in [0.2, 0.25) is 0 Å². The molecule has 0 fully saturated rings. The highest BCUT2D eigenvalue weighted by Crippen LogP contribution is 2.19. The number of hydrogen-bond acceptors (Lipinski definition) is 3. The first-order valence-corrected chi connectivity index (χ1v) is 7.60. The number of aryl methyl sites for hydroxylation is 1. The van der Waals surface area contributed by atoms with Crippen LogP contribution in [0.1, 0.15) is 36.9 Å². The summed E-state index contributed by atoms with van der Waals surface area (Å²) in [5.74, 6) is -0.362. The SMILES string of the molecule is CCCC(NC(=O)/C(C#N)=C\c1cnn(C)c1)c1ccccc1. The summed E-state index contributed by atoms with van der Waals surface area (Å²) in [6, 6.07) is 11.7. The van der Waals surface area contributed by atoms with Crippen LogP contribution in [0.3, 0.4) is 0 Å². The summed E-state index contributed by atoms with van der Waals surface area (Å²) in [5.41, 5.74) is 1.85. The number of hydrogen-bond donors (Lipinski definition) is 1. The molecule has 1 aromatic carbocycles. The molecular weight excluding hydrogens is 288 g/mol. The van der Waals surface area contributed by atoms with Gasteiger partial charge in [-0.25, -0.2) is 0 Å². The smallest absolute Gasteiger partial charge is 0.262 e. The number of rotatable bonds is 6. The summed E-state index contributed by atoms with van der Waals surface area (Å²) in [7, 11) is 1.79. The van der Waals surface area contributed by atoms with Gasteiger partial charge in [-0.2, -0.15) is 10.4 Å². The molecule has 0 spiro atoms. The molecule has 23 heavy (non-hydrogen) atoms. The van der Waals surface area contributed by atoms with E-state index in [2.05, 4.69) is 17.3 Å². The lowest BCUT2D eigenvalue weighted by atomic mass is 10.0. The van der Waals surface area contributed by atoms with Crippen LogP contribution in [-0.2, 0) is 11.8 Å². The molecule has 1 N–H and O–H groups in total. The normalized spacial score (nSPS) is 12.5. The number of benzene rings is 1. The maximum Gasteiger partial charge on any atom is 0.262 e. The fourth-order valence-electron chi connectivity index (χ4n) is 2.36. The van der Waals surface area contributed by atoms with Crippen LogP contribution in [0.2, 0.25) is 0 Å². The molecule has 2 rings (SSSR count). The molecule has 0 saturated heterocycles. The number of aromatic nitrogens is 2. The fourth-order valence-corrected chi connectivity index (χ4v) is 2.36. The molecule has 1 unspecified atom stereocenters. The highest BCUT2D eigenvalue weighted by atomic mass is 16.1. The summed E-state index contributed by atoms with van der Waals surface area (Å²) in [5, 5.41) is 16.3. The van der Waals surface area contributed by atoms with Crippen LogP contribution >= 0.6 is 0 Å². The van der Waals surface area contributed by atoms with Crippen LogP contribution in [0.5, 0.6) is 0 Å². The fraction of sp³-hybridized carbons (Fsp3) is 0.278. The lowest BCUT2D eigenvalue weighted by molar-refractivity contribution is -0.117. The van der Waals surface area contributed by atoms with E-state index in [1.54, 1.807) is 30.2 Å². The minimum absolute atomic E-state index is 0.0787. The third kappa shape index (κ3) is 4.55. The second-order valence-electron chi connectivity index (χ2n) is 5.34. The topological polar surface area (TPSA) is 70.7 Å². The van der Waals surface area contributed by atoms with Crippen molar-refractivity contribution in [3.63, 3.8) is 0 Å². The van der Waals surface area contributed by atoms with E-state index in [1.807, 2.05) is 36.4 Å². The Hall–Kier alpha value is -2.87. The van der Waals surface area contributed by atoms with Gasteiger partial charge in [0.25, 0.3) is 5.91 Å². The quantitative estimate of drug-likeness (QED) is 0.659. The van der Waals surface area contributed by atoms with Gasteiger partial charge in [-0.1, -0.05) is 43.7 Å². The Labute approximate surface area is 136 Å². The van der Waals surface area contributed by atoms with Crippen molar-refractivity contribution in [2.75, 3.05) is 0 Å². The third-order valence-corrected chi connectivity index (χ3v) is 3.49. The first kappa shape index (κ1) is 16.5. The minimum atomic E-state index is -0.362. The van der Waals surface area contributed by atoms with Crippen molar-refractivity contribution in [2.24, 2.45) is 7.05 Å². The predicted molar refractivity (Wildman–Crippen MR) is 89.0 cm³/mol. The maximum atomic E-state index is 12.4. The lowest BCUT2D eigenvalue weighted by Gasteiger charge is -2.18. The van der Waals surface area contributed by atoms with Gasteiger partial charge < -0.3 is 5.32 Å². The van der Waals surface area contributed by atoms with Crippen molar-refractivity contribution in [1.82, 2.24) is 15.1 Å². The van der Waals surface area contributed by atoms with Crippen molar-refractivity contribution in [1.29, 1.82) is 5.26 Å². The third-order valence-electron chi connectivity index (χ3n) is 3.49. The van der Waals surface area contributed by atoms with Crippen LogP contribution < -0.4 is 5.32 Å². The van der Waals surface area contributed by atoms with Gasteiger partial charge in [0, 0.05) is 18.8 Å². The van der Waals surface area contributed by atoms with Crippen molar-refractivity contribution in [3.05, 3.63) is 59.4 Å². The Bertz CT molecular complexity index is 725. The van der Waals surface area contributed by atoms with E-state index in [0.717, 1.165) is 24.0 Å². The van der Waals surface area contributed by atoms with E-state index in [0.29, 0.717) is 0 Å². The molecule has 0 aliphatic rings. The summed E-state index contributed by atoms with van der Waals surface area (Å²) >= 11 is 0. The molecule has 1 atom stereocenters. The molecule has 2 aromatic rings. The molecule has 1 aromatic heterocycles. The number of carbonyl (C=O) groups is 1. The Kier molecular flexibility index (Phi) is 5.70. The van der Waals surface area contributed by atoms with Gasteiger partial charge in [-0.3, -0.25) is 9.48 Å². The largest absolute Gasteiger partial charge is 0.345 e. The average molecular weight is 308 g/mol. The van der Waals surface area contributed by atoms with Crippen LogP contribution in [0.15, 0.2) is 48.3 Å². The van der Waals surface area contributed by atoms with Gasteiger partial charge >= 0.3 is 0 Å². The van der Waals surface area contributed by atoms with Crippen LogP contribution in [0.25, 0.3) is 6.08 Å². The number of nitrogens with one attached hydrogen (secondary N) is 1. The van der Waals surface area contributed by atoms with Gasteiger partial charge in [-0.15, -0.1) is 0 Å². The Morgan fingerprint density at radius 3 is 2.74 bits per heavy atom. The molecule has 5 heteroatoms. The molecule has 0 radical (unpaired) electrons. The van der Waals surface area contributed by atoms with E-state index >= 15 is 0 Å². The van der Waals surface area contributed by atoms with Gasteiger partial charge in [0.1, 0.15) is 11.6 Å². The van der Waals surface area contributed by atoms with Gasteiger partial charge in [0.05, 0.1) is 12.2 Å². The van der Waals surface area contributed by atoms with E-state index < -0.39 is 0 Å². The standard InChI is InChI=1S/C18H20N4O/c1-3-7-17(15-8-5-4-6-9-15)21-18(23)16(11-19)10-14-12-20-22(2)13-14/h4-6,8-10,12-13,17H,3,7H2,1-2H3,(H,21,23)/b16-10-. The van der Waals surface area contributed by atoms with Gasteiger partial charge in [-0.05, 0) is 18.1 Å². The molecular formula is C18H20N4O. The summed E-state index contributed by atoms with van der Waals surface area (Å²) < 4.78 is 1.63. The molecule has 1 amide bonds. The van der Waals surface area contributed by atoms with Crippen molar-refractivity contribution in [3.8, 4) is 6.07 Å². The molecule has 0 bridgehead atoms. The highest BCUT2D eigenvalue weighted by molar-refractivity contribution is 6.01. The average Bonchev–Trinajstić information content (AvgIpc) is 2.98. The van der Waals surface area contributed by atoms with E-state index in [1.165, 1.54) is 0 Å². The summed E-state index contributed by atoms with van der Waals surface area (Å²) in [6.07, 6.45) is 6.68. The molecule has 118 valence electrons. The maximum absolute atomic E-state index is 12.4. The van der Waals surface area contributed by atoms with E-state index in [9.17, 15) is 10.1 Å². The Balaban J connectivity index is 2.17. The zero-order chi connectivity index (χ0) is 16.7. The first-order valence-electron chi connectivity index (χ1n) is 7.60. The molecule has 0 aliphatic heterocycles. The second kappa shape index (κ2) is 7.95. The number of amides is 1. The molecule has 1 heterocycles. The molecule has 0 aliphatic carbocycles. The number of nitriles is 1. The Morgan fingerprint density at radius 2 is 2.17 bits per heavy atom. The zero-order valence-corrected chi connectivity index (χ0v) is 13.4. The lowest BCUT2D eigenvalue weighted by Crippen LogP contribution is -2.29. The van der Waals surface area contributed by atoms with Crippen molar-refractivity contribution < 1.29 is 4.79 Å². The second-order valence-corrected chi connectivity index (χ2v) is 5.34. The van der Waals surface area contributed by atoms with Gasteiger partial charge in [0.15, 0.2) is 0 Å². The highest BCUT2D eigenvalue weighted by Gasteiger charge is 2.16. The van der Waals surface area contributed by atoms with Crippen LogP contribution in [0.4, 0.5) is 0 Å². The zero-order valence-electron chi connectivity index (χ0n) is 13.4. The predicted octanol–water partition coefficient (Wildman–Crippen LogP) is 2.98. The molecule has 5 nitrogen and oxygen atoms in total. The summed E-state index contributed by atoms with van der Waals surface area (Å²) in [4.78, 5) is 12.4. The van der Waals surface area contributed by atoms with Crippen LogP contribution in [-0.4, -0.2) is 15.7 Å². The van der Waals surface area contributed by atoms with E-state index in [4.69, 9.17) is 0 Å². The molecule has 0 saturated carbocycles. The number of carbonyl (C=O) groups excluding carboxylic acids is 1. The number of nitrogens with zero attached hydrogens (tertiary/aromatic N) is 3. The summed E-state index contributed by atoms with van der Waals surface area (Å²) in [6.45, 7) is 2.07. The van der Waals surface area contributed by atoms with E-state index in [-0.39, 0.29) is 17.5 Å². The first-order chi connectivity index (χ1) is 11.1.